The highest BCUT2D eigenvalue weighted by Crippen LogP contribution is 2.25. The van der Waals surface area contributed by atoms with Gasteiger partial charge < -0.3 is 27.9 Å². The lowest BCUT2D eigenvalue weighted by Gasteiger charge is -2.09. The molecule has 0 heterocycles. The predicted molar refractivity (Wildman–Crippen MR) is 120 cm³/mol. The van der Waals surface area contributed by atoms with E-state index in [0.717, 1.165) is 11.1 Å². The molecule has 2 aromatic rings. The molecule has 0 N–H and O–H groups in total. The van der Waals surface area contributed by atoms with Crippen LogP contribution in [0.1, 0.15) is 0 Å². The molecule has 0 aliphatic rings. The number of hydrogen-bond acceptors (Lipinski definition) is 8. The van der Waals surface area contributed by atoms with Crippen LogP contribution in [-0.2, 0) is 29.5 Å². The zero-order chi connectivity index (χ0) is 23.8. The first kappa shape index (κ1) is 26.6. The smallest absolute Gasteiger partial charge is 0.488 e. The van der Waals surface area contributed by atoms with Crippen LogP contribution < -0.4 is 8.92 Å². The Hall–Kier alpha value is -2.68. The monoisotopic (exact) mass is 482 g/mol. The molecule has 2 aromatic carbocycles. The topological polar surface area (TPSA) is 89.5 Å². The van der Waals surface area contributed by atoms with Crippen LogP contribution in [0.25, 0.3) is 11.1 Å². The molecule has 0 fully saturated rings. The minimum Gasteiger partial charge on any atom is -0.491 e. The normalized spacial score (nSPS) is 11.2. The Morgan fingerprint density at radius 2 is 1.09 bits per heavy atom. The summed E-state index contributed by atoms with van der Waals surface area (Å²) in [4.78, 5) is 0. The number of rotatable bonds is 17. The average Bonchev–Trinajstić information content (AvgIpc) is 2.79. The quantitative estimate of drug-likeness (QED) is 0.193. The Kier molecular flexibility index (Phi) is 12.2. The maximum absolute atomic E-state index is 12.5. The third kappa shape index (κ3) is 12.2. The van der Waals surface area contributed by atoms with E-state index in [1.165, 1.54) is 12.1 Å². The van der Waals surface area contributed by atoms with Gasteiger partial charge in [-0.15, -0.1) is 6.42 Å². The van der Waals surface area contributed by atoms with Gasteiger partial charge in [0.25, 0.3) is 0 Å². The van der Waals surface area contributed by atoms with E-state index in [1.54, 1.807) is 12.1 Å². The third-order valence-corrected chi connectivity index (χ3v) is 4.43. The summed E-state index contributed by atoms with van der Waals surface area (Å²) in [5.74, 6) is 2.97. The molecule has 0 unspecified atom stereocenters. The van der Waals surface area contributed by atoms with Crippen molar-refractivity contribution in [1.29, 1.82) is 0 Å². The molecule has 180 valence electrons. The lowest BCUT2D eigenvalue weighted by Crippen LogP contribution is -2.13. The van der Waals surface area contributed by atoms with Gasteiger partial charge in [0.1, 0.15) is 24.7 Å². The minimum atomic E-state index is -5.03. The molecule has 0 saturated carbocycles. The summed E-state index contributed by atoms with van der Waals surface area (Å²) >= 11 is 0. The first-order chi connectivity index (χ1) is 16.0. The molecule has 0 aromatic heterocycles. The molecule has 0 bridgehead atoms. The Bertz CT molecular complexity index is 940. The van der Waals surface area contributed by atoms with Gasteiger partial charge in [-0.05, 0) is 35.4 Å². The van der Waals surface area contributed by atoms with Crippen LogP contribution in [0.3, 0.4) is 0 Å². The van der Waals surface area contributed by atoms with Gasteiger partial charge in [0.05, 0.1) is 46.2 Å². The van der Waals surface area contributed by atoms with Crippen molar-refractivity contribution >= 4 is 10.5 Å². The van der Waals surface area contributed by atoms with Crippen LogP contribution in [0.2, 0.25) is 0 Å². The second-order valence-corrected chi connectivity index (χ2v) is 7.42. The Morgan fingerprint density at radius 3 is 1.55 bits per heavy atom. The van der Waals surface area contributed by atoms with Crippen LogP contribution in [0.4, 0.5) is 3.89 Å². The summed E-state index contributed by atoms with van der Waals surface area (Å²) in [6, 6.07) is 13.4. The van der Waals surface area contributed by atoms with Gasteiger partial charge in [-0.1, -0.05) is 34.1 Å². The Balaban J connectivity index is 1.53. The van der Waals surface area contributed by atoms with E-state index >= 15 is 0 Å². The summed E-state index contributed by atoms with van der Waals surface area (Å²) in [5, 5.41) is 0. The van der Waals surface area contributed by atoms with Gasteiger partial charge in [-0.3, -0.25) is 0 Å². The fourth-order valence-corrected chi connectivity index (χ4v) is 2.91. The van der Waals surface area contributed by atoms with Gasteiger partial charge in [0, 0.05) is 0 Å². The van der Waals surface area contributed by atoms with Gasteiger partial charge in [0.15, 0.2) is 0 Å². The number of benzene rings is 2. The van der Waals surface area contributed by atoms with Crippen LogP contribution >= 0.6 is 0 Å². The molecule has 0 aliphatic carbocycles. The highest BCUT2D eigenvalue weighted by molar-refractivity contribution is 7.81. The van der Waals surface area contributed by atoms with E-state index in [9.17, 15) is 12.3 Å². The minimum absolute atomic E-state index is 0.0953. The number of hydrogen-bond donors (Lipinski definition) is 0. The summed E-state index contributed by atoms with van der Waals surface area (Å²) in [5.41, 5.74) is 1.70. The molecule has 0 spiro atoms. The first-order valence-corrected chi connectivity index (χ1v) is 11.5. The summed E-state index contributed by atoms with van der Waals surface area (Å²) in [6.07, 6.45) is 5.06. The molecule has 10 heteroatoms. The van der Waals surface area contributed by atoms with Crippen molar-refractivity contribution in [3.8, 4) is 35.0 Å². The zero-order valence-corrected chi connectivity index (χ0v) is 18.9. The Labute approximate surface area is 193 Å². The van der Waals surface area contributed by atoms with Gasteiger partial charge in [-0.25, -0.2) is 0 Å². The van der Waals surface area contributed by atoms with Crippen LogP contribution in [0.15, 0.2) is 48.5 Å². The van der Waals surface area contributed by atoms with E-state index in [4.69, 9.17) is 30.1 Å². The number of ether oxygens (including phenoxy) is 5. The molecule has 8 nitrogen and oxygen atoms in total. The second-order valence-electron chi connectivity index (χ2n) is 6.47. The molecule has 0 saturated heterocycles. The van der Waals surface area contributed by atoms with Crippen LogP contribution in [0, 0.1) is 12.3 Å². The first-order valence-electron chi connectivity index (χ1n) is 10.2. The largest absolute Gasteiger partial charge is 0.491 e. The van der Waals surface area contributed by atoms with E-state index in [0.29, 0.717) is 58.6 Å². The SMILES string of the molecule is C#CCOCCOCCOCCOCCOc1ccc(-c2ccc(OS(=O)(=O)F)cc2)cc1. The third-order valence-electron chi connectivity index (χ3n) is 4.04. The molecule has 0 amide bonds. The summed E-state index contributed by atoms with van der Waals surface area (Å²) < 4.78 is 64.6. The van der Waals surface area contributed by atoms with Crippen molar-refractivity contribution in [3.05, 3.63) is 48.5 Å². The van der Waals surface area contributed by atoms with Gasteiger partial charge in [-0.2, -0.15) is 8.42 Å². The van der Waals surface area contributed by atoms with Crippen molar-refractivity contribution in [2.24, 2.45) is 0 Å². The van der Waals surface area contributed by atoms with Crippen LogP contribution in [0.5, 0.6) is 11.5 Å². The number of terminal acetylenes is 1. The predicted octanol–water partition coefficient (Wildman–Crippen LogP) is 3.03. The van der Waals surface area contributed by atoms with Crippen molar-refractivity contribution in [2.45, 2.75) is 0 Å². The van der Waals surface area contributed by atoms with Crippen LogP contribution in [-0.4, -0.2) is 67.9 Å². The lowest BCUT2D eigenvalue weighted by atomic mass is 10.1. The Morgan fingerprint density at radius 1 is 0.667 bits per heavy atom. The fraction of sp³-hybridized carbons (Fsp3) is 0.391. The van der Waals surface area contributed by atoms with Gasteiger partial charge in [0.2, 0.25) is 0 Å². The zero-order valence-electron chi connectivity index (χ0n) is 18.1. The summed E-state index contributed by atoms with van der Waals surface area (Å²) in [6.45, 7) is 3.93. The molecule has 2 rings (SSSR count). The highest BCUT2D eigenvalue weighted by Gasteiger charge is 2.09. The molecule has 0 atom stereocenters. The van der Waals surface area contributed by atoms with Crippen molar-refractivity contribution in [2.75, 3.05) is 59.5 Å². The van der Waals surface area contributed by atoms with E-state index < -0.39 is 10.5 Å². The maximum atomic E-state index is 12.5. The maximum Gasteiger partial charge on any atom is 0.488 e. The lowest BCUT2D eigenvalue weighted by molar-refractivity contribution is -0.00187. The standard InChI is InChI=1S/C23H27FO8S/c1-2-11-27-12-13-28-14-15-29-16-17-30-18-19-31-22-7-3-20(4-8-22)21-5-9-23(10-6-21)32-33(24,25)26/h1,3-10H,11-19H2. The van der Waals surface area contributed by atoms with Crippen molar-refractivity contribution in [1.82, 2.24) is 0 Å². The van der Waals surface area contributed by atoms with E-state index in [-0.39, 0.29) is 12.4 Å². The van der Waals surface area contributed by atoms with Crippen molar-refractivity contribution < 1.29 is 40.2 Å². The number of halogens is 1. The summed E-state index contributed by atoms with van der Waals surface area (Å²) in [7, 11) is -5.03. The fourth-order valence-electron chi connectivity index (χ4n) is 2.57. The molecular weight excluding hydrogens is 455 g/mol. The van der Waals surface area contributed by atoms with Gasteiger partial charge >= 0.3 is 10.5 Å². The van der Waals surface area contributed by atoms with Crippen molar-refractivity contribution in [3.63, 3.8) is 0 Å². The van der Waals surface area contributed by atoms with E-state index in [1.807, 2.05) is 24.3 Å². The molecular formula is C23H27FO8S. The molecule has 33 heavy (non-hydrogen) atoms. The molecule has 0 radical (unpaired) electrons. The molecule has 0 aliphatic heterocycles. The second kappa shape index (κ2) is 15.2. The van der Waals surface area contributed by atoms with E-state index in [2.05, 4.69) is 10.1 Å². The highest BCUT2D eigenvalue weighted by atomic mass is 32.3. The average molecular weight is 483 g/mol.